The number of nitro benzene ring substituents is 2. The van der Waals surface area contributed by atoms with Gasteiger partial charge in [0.15, 0.2) is 0 Å². The van der Waals surface area contributed by atoms with Gasteiger partial charge >= 0.3 is 0 Å². The molecule has 0 aliphatic heterocycles. The van der Waals surface area contributed by atoms with E-state index in [9.17, 15) is 20.2 Å². The van der Waals surface area contributed by atoms with E-state index in [1.807, 2.05) is 42.6 Å². The minimum Gasteiger partial charge on any atom is -0.497 e. The Kier molecular flexibility index (Phi) is 6.03. The number of fused-ring (bicyclic) bond motifs is 2. The normalized spacial score (nSPS) is 10.6. The van der Waals surface area contributed by atoms with E-state index in [2.05, 4.69) is 9.55 Å². The lowest BCUT2D eigenvalue weighted by Crippen LogP contribution is -1.98. The van der Waals surface area contributed by atoms with Gasteiger partial charge in [-0.3, -0.25) is 20.2 Å². The molecular weight excluding hydrogens is 424 g/mol. The van der Waals surface area contributed by atoms with Crippen LogP contribution in [0.2, 0.25) is 0 Å². The SMILES string of the molecule is COc1ccc(Cn2ccc3cc([N+](=O)[O-])ccc32)cc1.O=[N+]([O-])c1ccc2[nH]ccc2c1. The number of nitrogens with zero attached hydrogens (tertiary/aromatic N) is 3. The summed E-state index contributed by atoms with van der Waals surface area (Å²) in [5, 5.41) is 22.9. The van der Waals surface area contributed by atoms with E-state index in [0.29, 0.717) is 6.54 Å². The van der Waals surface area contributed by atoms with Gasteiger partial charge in [0.2, 0.25) is 0 Å². The van der Waals surface area contributed by atoms with Gasteiger partial charge in [-0.1, -0.05) is 12.1 Å². The second kappa shape index (κ2) is 9.23. The van der Waals surface area contributed by atoms with Gasteiger partial charge in [0.1, 0.15) is 5.75 Å². The Morgan fingerprint density at radius 1 is 0.848 bits per heavy atom. The Morgan fingerprint density at radius 3 is 2.18 bits per heavy atom. The van der Waals surface area contributed by atoms with Gasteiger partial charge in [0.05, 0.1) is 17.0 Å². The van der Waals surface area contributed by atoms with Gasteiger partial charge in [0.25, 0.3) is 11.4 Å². The number of nitro groups is 2. The number of rotatable bonds is 5. The summed E-state index contributed by atoms with van der Waals surface area (Å²) in [6.45, 7) is 0.714. The molecule has 5 rings (SSSR count). The molecule has 0 radical (unpaired) electrons. The molecule has 0 aliphatic rings. The number of hydrogen-bond acceptors (Lipinski definition) is 5. The second-order valence-electron chi connectivity index (χ2n) is 7.30. The highest BCUT2D eigenvalue weighted by atomic mass is 16.6. The van der Waals surface area contributed by atoms with Crippen molar-refractivity contribution >= 4 is 33.2 Å². The van der Waals surface area contributed by atoms with Crippen molar-refractivity contribution in [3.8, 4) is 5.75 Å². The van der Waals surface area contributed by atoms with Crippen LogP contribution in [0.25, 0.3) is 21.8 Å². The second-order valence-corrected chi connectivity index (χ2v) is 7.30. The largest absolute Gasteiger partial charge is 0.497 e. The van der Waals surface area contributed by atoms with Crippen LogP contribution in [-0.2, 0) is 6.54 Å². The van der Waals surface area contributed by atoms with Crippen molar-refractivity contribution in [1.29, 1.82) is 0 Å². The minimum absolute atomic E-state index is 0.115. The number of benzene rings is 3. The lowest BCUT2D eigenvalue weighted by molar-refractivity contribution is -0.384. The molecule has 2 heterocycles. The summed E-state index contributed by atoms with van der Waals surface area (Å²) >= 11 is 0. The number of H-pyrrole nitrogens is 1. The Balaban J connectivity index is 0.000000183. The van der Waals surface area contributed by atoms with E-state index in [-0.39, 0.29) is 16.3 Å². The predicted octanol–water partition coefficient (Wildman–Crippen LogP) is 5.68. The zero-order valence-electron chi connectivity index (χ0n) is 17.7. The molecule has 0 saturated heterocycles. The average Bonchev–Trinajstić information content (AvgIpc) is 3.46. The third-order valence-corrected chi connectivity index (χ3v) is 5.23. The molecule has 0 fully saturated rings. The van der Waals surface area contributed by atoms with E-state index in [1.165, 1.54) is 12.1 Å². The molecule has 33 heavy (non-hydrogen) atoms. The van der Waals surface area contributed by atoms with Crippen molar-refractivity contribution < 1.29 is 14.6 Å². The van der Waals surface area contributed by atoms with Crippen molar-refractivity contribution in [1.82, 2.24) is 9.55 Å². The summed E-state index contributed by atoms with van der Waals surface area (Å²) in [5.41, 5.74) is 3.29. The van der Waals surface area contributed by atoms with Crippen LogP contribution >= 0.6 is 0 Å². The first-order valence-electron chi connectivity index (χ1n) is 10.0. The number of ether oxygens (including phenoxy) is 1. The van der Waals surface area contributed by atoms with E-state index in [1.54, 1.807) is 37.6 Å². The number of hydrogen-bond donors (Lipinski definition) is 1. The zero-order valence-corrected chi connectivity index (χ0v) is 17.7. The Hall–Kier alpha value is -4.66. The van der Waals surface area contributed by atoms with Crippen LogP contribution in [-0.4, -0.2) is 26.5 Å². The third-order valence-electron chi connectivity index (χ3n) is 5.23. The van der Waals surface area contributed by atoms with Crippen molar-refractivity contribution in [2.45, 2.75) is 6.54 Å². The maximum absolute atomic E-state index is 10.8. The zero-order chi connectivity index (χ0) is 23.4. The number of aromatic amines is 1. The molecular formula is C24H20N4O5. The van der Waals surface area contributed by atoms with Gasteiger partial charge in [-0.25, -0.2) is 0 Å². The first-order valence-corrected chi connectivity index (χ1v) is 10.0. The summed E-state index contributed by atoms with van der Waals surface area (Å²) in [6, 6.07) is 21.2. The maximum atomic E-state index is 10.8. The maximum Gasteiger partial charge on any atom is 0.270 e. The predicted molar refractivity (Wildman–Crippen MR) is 126 cm³/mol. The van der Waals surface area contributed by atoms with Gasteiger partial charge in [0, 0.05) is 65.0 Å². The third kappa shape index (κ3) is 4.82. The fourth-order valence-electron chi connectivity index (χ4n) is 3.52. The van der Waals surface area contributed by atoms with E-state index >= 15 is 0 Å². The number of aromatic nitrogens is 2. The molecule has 0 atom stereocenters. The Morgan fingerprint density at radius 2 is 1.52 bits per heavy atom. The molecule has 5 aromatic rings. The summed E-state index contributed by atoms with van der Waals surface area (Å²) in [6.07, 6.45) is 3.70. The Bertz CT molecular complexity index is 1440. The number of non-ortho nitro benzene ring substituents is 2. The van der Waals surface area contributed by atoms with Crippen LogP contribution in [0.3, 0.4) is 0 Å². The molecule has 0 aliphatic carbocycles. The van der Waals surface area contributed by atoms with E-state index in [0.717, 1.165) is 33.1 Å². The standard InChI is InChI=1S/C16H14N2O3.C8H6N2O2/c1-21-15-5-2-12(3-6-15)11-17-9-8-13-10-14(18(19)20)4-7-16(13)17;11-10(12)7-1-2-8-6(5-7)3-4-9-8/h2-10H,11H2,1H3;1-5,9H. The fourth-order valence-corrected chi connectivity index (χ4v) is 3.52. The van der Waals surface area contributed by atoms with Gasteiger partial charge in [-0.2, -0.15) is 0 Å². The van der Waals surface area contributed by atoms with Crippen molar-refractivity contribution in [2.24, 2.45) is 0 Å². The molecule has 0 unspecified atom stereocenters. The first-order chi connectivity index (χ1) is 15.9. The molecule has 9 nitrogen and oxygen atoms in total. The lowest BCUT2D eigenvalue weighted by Gasteiger charge is -2.07. The van der Waals surface area contributed by atoms with Crippen molar-refractivity contribution in [3.63, 3.8) is 0 Å². The van der Waals surface area contributed by atoms with Crippen LogP contribution in [0.15, 0.2) is 85.2 Å². The van der Waals surface area contributed by atoms with Gasteiger partial charge in [-0.15, -0.1) is 0 Å². The highest BCUT2D eigenvalue weighted by molar-refractivity contribution is 5.83. The van der Waals surface area contributed by atoms with Crippen LogP contribution < -0.4 is 4.74 Å². The topological polar surface area (TPSA) is 116 Å². The lowest BCUT2D eigenvalue weighted by atomic mass is 10.2. The van der Waals surface area contributed by atoms with Crippen LogP contribution in [0.1, 0.15) is 5.56 Å². The molecule has 0 spiro atoms. The number of nitrogens with one attached hydrogen (secondary N) is 1. The molecule has 1 N–H and O–H groups in total. The average molecular weight is 444 g/mol. The highest BCUT2D eigenvalue weighted by Crippen LogP contribution is 2.23. The molecule has 0 amide bonds. The Labute approximate surface area is 188 Å². The molecule has 3 aromatic carbocycles. The van der Waals surface area contributed by atoms with Crippen LogP contribution in [0.5, 0.6) is 5.75 Å². The highest BCUT2D eigenvalue weighted by Gasteiger charge is 2.09. The van der Waals surface area contributed by atoms with Crippen molar-refractivity contribution in [2.75, 3.05) is 7.11 Å². The molecule has 0 bridgehead atoms. The number of methoxy groups -OCH3 is 1. The molecule has 0 saturated carbocycles. The van der Waals surface area contributed by atoms with E-state index < -0.39 is 4.92 Å². The minimum atomic E-state index is -0.396. The van der Waals surface area contributed by atoms with Gasteiger partial charge in [-0.05, 0) is 42.0 Å². The summed E-state index contributed by atoms with van der Waals surface area (Å²) in [5.74, 6) is 0.826. The monoisotopic (exact) mass is 444 g/mol. The summed E-state index contributed by atoms with van der Waals surface area (Å²) < 4.78 is 7.21. The van der Waals surface area contributed by atoms with E-state index in [4.69, 9.17) is 4.74 Å². The van der Waals surface area contributed by atoms with Crippen molar-refractivity contribution in [3.05, 3.63) is 111 Å². The molecule has 2 aromatic heterocycles. The summed E-state index contributed by atoms with van der Waals surface area (Å²) in [7, 11) is 1.64. The first kappa shape index (κ1) is 21.6. The van der Waals surface area contributed by atoms with Crippen LogP contribution in [0, 0.1) is 20.2 Å². The molecule has 9 heteroatoms. The molecule has 166 valence electrons. The fraction of sp³-hybridized carbons (Fsp3) is 0.0833. The quantitative estimate of drug-likeness (QED) is 0.276. The van der Waals surface area contributed by atoms with Crippen LogP contribution in [0.4, 0.5) is 11.4 Å². The smallest absolute Gasteiger partial charge is 0.270 e. The summed E-state index contributed by atoms with van der Waals surface area (Å²) in [4.78, 5) is 23.3. The van der Waals surface area contributed by atoms with Gasteiger partial charge < -0.3 is 14.3 Å².